The van der Waals surface area contributed by atoms with Crippen LogP contribution in [0.4, 0.5) is 13.2 Å². The van der Waals surface area contributed by atoms with Gasteiger partial charge in [-0.3, -0.25) is 4.79 Å². The number of carbonyl (C=O) groups excluding carboxylic acids is 1. The molecule has 3 nitrogen and oxygen atoms in total. The third kappa shape index (κ3) is 5.82. The van der Waals surface area contributed by atoms with Crippen LogP contribution in [0.1, 0.15) is 15.9 Å². The molecule has 0 aliphatic rings. The molecule has 0 unspecified atom stereocenters. The second-order valence-corrected chi connectivity index (χ2v) is 8.75. The van der Waals surface area contributed by atoms with Crippen LogP contribution in [-0.4, -0.2) is 12.0 Å². The molecule has 170 valence electrons. The quantitative estimate of drug-likeness (QED) is 0.338. The predicted molar refractivity (Wildman–Crippen MR) is 121 cm³/mol. The van der Waals surface area contributed by atoms with Gasteiger partial charge in [0.1, 0.15) is 12.4 Å². The van der Waals surface area contributed by atoms with Crippen LogP contribution in [0.3, 0.4) is 0 Å². The number of thiophene rings is 1. The van der Waals surface area contributed by atoms with E-state index in [1.807, 2.05) is 60.0 Å². The number of Topliss-reactive ketones (excluding diaryl/α,β-unsaturated/α-hetero) is 1. The van der Waals surface area contributed by atoms with E-state index in [-0.39, 0.29) is 12.4 Å². The maximum atomic E-state index is 12.9. The number of rotatable bonds is 6. The number of hydrogen-bond acceptors (Lipinski definition) is 3. The van der Waals surface area contributed by atoms with Crippen LogP contribution in [0.2, 0.25) is 0 Å². The molecule has 33 heavy (non-hydrogen) atoms. The molecule has 4 rings (SSSR count). The largest absolute Gasteiger partial charge is 1.00 e. The van der Waals surface area contributed by atoms with Gasteiger partial charge in [0.15, 0.2) is 12.4 Å². The van der Waals surface area contributed by atoms with E-state index in [1.54, 1.807) is 6.20 Å². The maximum absolute atomic E-state index is 12.9. The zero-order chi connectivity index (χ0) is 22.7. The molecule has 2 heterocycles. The summed E-state index contributed by atoms with van der Waals surface area (Å²) in [6.45, 7) is 0.373. The standard InChI is InChI=1S/C24H15BrF3NO2S.ClH/c25-18-6-7-21(31-14-15-4-2-1-3-5-15)20(11-18)19-8-9-32-22(19)16-10-17(13-29-12-16)23(30)24(26,27)28;/h1-13H,14H2;1H. The first-order chi connectivity index (χ1) is 15.3. The van der Waals surface area contributed by atoms with Gasteiger partial charge in [-0.1, -0.05) is 46.3 Å². The zero-order valence-corrected chi connectivity index (χ0v) is 20.0. The maximum Gasteiger partial charge on any atom is 0.455 e. The number of H-pyrrole nitrogens is 1. The van der Waals surface area contributed by atoms with Crippen LogP contribution < -0.4 is 22.1 Å². The molecule has 0 saturated carbocycles. The molecule has 0 atom stereocenters. The van der Waals surface area contributed by atoms with Crippen molar-refractivity contribution in [3.8, 4) is 27.3 Å². The van der Waals surface area contributed by atoms with Crippen molar-refractivity contribution < 1.29 is 40.1 Å². The summed E-state index contributed by atoms with van der Waals surface area (Å²) in [7, 11) is 0. The highest BCUT2D eigenvalue weighted by Crippen LogP contribution is 2.42. The molecular formula is C24H16BrClF3NO2S. The van der Waals surface area contributed by atoms with E-state index in [2.05, 4.69) is 20.9 Å². The Kier molecular flexibility index (Phi) is 7.94. The summed E-state index contributed by atoms with van der Waals surface area (Å²) in [5, 5.41) is 1.85. The smallest absolute Gasteiger partial charge is 0.455 e. The van der Waals surface area contributed by atoms with E-state index >= 15 is 0 Å². The minimum absolute atomic E-state index is 0. The Morgan fingerprint density at radius 1 is 1.00 bits per heavy atom. The third-order valence-corrected chi connectivity index (χ3v) is 6.16. The van der Waals surface area contributed by atoms with Crippen LogP contribution in [-0.2, 0) is 6.61 Å². The van der Waals surface area contributed by atoms with Crippen LogP contribution in [0.5, 0.6) is 5.75 Å². The van der Waals surface area contributed by atoms with E-state index in [0.29, 0.717) is 17.9 Å². The Balaban J connectivity index is 0.00000306. The van der Waals surface area contributed by atoms with Gasteiger partial charge in [-0.2, -0.15) is 13.2 Å². The summed E-state index contributed by atoms with van der Waals surface area (Å²) in [4.78, 5) is 15.1. The van der Waals surface area contributed by atoms with E-state index in [1.165, 1.54) is 17.4 Å². The van der Waals surface area contributed by atoms with Crippen LogP contribution in [0.25, 0.3) is 21.6 Å². The van der Waals surface area contributed by atoms with Gasteiger partial charge in [0, 0.05) is 20.5 Å². The summed E-state index contributed by atoms with van der Waals surface area (Å²) in [5.41, 5.74) is 2.64. The number of pyridine rings is 1. The van der Waals surface area contributed by atoms with E-state index in [4.69, 9.17) is 4.74 Å². The number of halogens is 5. The van der Waals surface area contributed by atoms with Crippen molar-refractivity contribution in [2.75, 3.05) is 0 Å². The Morgan fingerprint density at radius 3 is 2.48 bits per heavy atom. The fourth-order valence-corrected chi connectivity index (χ4v) is 4.48. The van der Waals surface area contributed by atoms with Crippen molar-refractivity contribution in [3.63, 3.8) is 0 Å². The van der Waals surface area contributed by atoms with Crippen molar-refractivity contribution in [1.29, 1.82) is 0 Å². The first-order valence-corrected chi connectivity index (χ1v) is 11.2. The van der Waals surface area contributed by atoms with E-state index in [0.717, 1.165) is 32.2 Å². The monoisotopic (exact) mass is 553 g/mol. The molecule has 0 aliphatic carbocycles. The van der Waals surface area contributed by atoms with Crippen LogP contribution in [0, 0.1) is 0 Å². The van der Waals surface area contributed by atoms with Crippen molar-refractivity contribution in [2.45, 2.75) is 12.8 Å². The fourth-order valence-electron chi connectivity index (χ4n) is 3.22. The molecule has 0 aliphatic heterocycles. The lowest BCUT2D eigenvalue weighted by Crippen LogP contribution is -3.00. The lowest BCUT2D eigenvalue weighted by Gasteiger charge is -2.13. The zero-order valence-electron chi connectivity index (χ0n) is 16.8. The molecule has 0 radical (unpaired) electrons. The highest BCUT2D eigenvalue weighted by molar-refractivity contribution is 9.10. The summed E-state index contributed by atoms with van der Waals surface area (Å²) in [5.74, 6) is -1.24. The topological polar surface area (TPSA) is 40.4 Å². The minimum atomic E-state index is -4.94. The molecular weight excluding hydrogens is 539 g/mol. The van der Waals surface area contributed by atoms with Crippen molar-refractivity contribution in [3.05, 3.63) is 94.0 Å². The summed E-state index contributed by atoms with van der Waals surface area (Å²) in [6, 6.07) is 18.5. The van der Waals surface area contributed by atoms with E-state index < -0.39 is 17.5 Å². The number of aromatic amines is 1. The lowest BCUT2D eigenvalue weighted by molar-refractivity contribution is -0.377. The molecule has 4 aromatic rings. The number of benzene rings is 2. The number of alkyl halides is 3. The number of ether oxygens (including phenoxy) is 1. The number of nitrogens with one attached hydrogen (secondary N) is 1. The summed E-state index contributed by atoms with van der Waals surface area (Å²) in [6.07, 6.45) is -2.31. The molecule has 2 aromatic heterocycles. The highest BCUT2D eigenvalue weighted by Gasteiger charge is 2.40. The average molecular weight is 555 g/mol. The van der Waals surface area contributed by atoms with Crippen LogP contribution >= 0.6 is 27.3 Å². The van der Waals surface area contributed by atoms with Gasteiger partial charge in [-0.15, -0.1) is 11.3 Å². The molecule has 0 amide bonds. The molecule has 0 saturated heterocycles. The van der Waals surface area contributed by atoms with Gasteiger partial charge >= 0.3 is 6.18 Å². The van der Waals surface area contributed by atoms with Crippen LogP contribution in [0.15, 0.2) is 82.9 Å². The molecule has 9 heteroatoms. The Labute approximate surface area is 206 Å². The normalized spacial score (nSPS) is 11.0. The van der Waals surface area contributed by atoms with Gasteiger partial charge in [0.2, 0.25) is 0 Å². The number of aromatic nitrogens is 1. The van der Waals surface area contributed by atoms with Crippen molar-refractivity contribution in [2.24, 2.45) is 0 Å². The van der Waals surface area contributed by atoms with Gasteiger partial charge in [0.25, 0.3) is 5.78 Å². The minimum Gasteiger partial charge on any atom is -1.00 e. The Bertz CT molecular complexity index is 1260. The SMILES string of the molecule is O=C(c1c[nH+]cc(-c2sccc2-c2cc(Br)ccc2OCc2ccccc2)c1)C(F)(F)F.[Cl-]. The van der Waals surface area contributed by atoms with Gasteiger partial charge in [0.05, 0.1) is 11.1 Å². The lowest BCUT2D eigenvalue weighted by atomic mass is 10.0. The molecule has 0 bridgehead atoms. The van der Waals surface area contributed by atoms with Crippen molar-refractivity contribution in [1.82, 2.24) is 0 Å². The summed E-state index contributed by atoms with van der Waals surface area (Å²) >= 11 is 4.85. The molecule has 1 N–H and O–H groups in total. The second-order valence-electron chi connectivity index (χ2n) is 6.92. The fraction of sp³-hybridized carbons (Fsp3) is 0.0833. The third-order valence-electron chi connectivity index (χ3n) is 4.70. The van der Waals surface area contributed by atoms with E-state index in [9.17, 15) is 18.0 Å². The number of hydrogen-bond donors (Lipinski definition) is 0. The second kappa shape index (κ2) is 10.5. The molecule has 2 aromatic carbocycles. The number of carbonyl (C=O) groups is 1. The first-order valence-electron chi connectivity index (χ1n) is 9.50. The summed E-state index contributed by atoms with van der Waals surface area (Å²) < 4.78 is 45.6. The molecule has 0 fully saturated rings. The van der Waals surface area contributed by atoms with Gasteiger partial charge < -0.3 is 17.1 Å². The molecule has 0 spiro atoms. The highest BCUT2D eigenvalue weighted by atomic mass is 79.9. The average Bonchev–Trinajstić information content (AvgIpc) is 3.28. The van der Waals surface area contributed by atoms with Gasteiger partial charge in [-0.25, -0.2) is 4.98 Å². The number of ketones is 1. The Morgan fingerprint density at radius 2 is 1.76 bits per heavy atom. The Hall–Kier alpha value is -2.68. The predicted octanol–water partition coefficient (Wildman–Crippen LogP) is 3.99. The van der Waals surface area contributed by atoms with Gasteiger partial charge in [-0.05, 0) is 41.3 Å². The van der Waals surface area contributed by atoms with Crippen molar-refractivity contribution >= 4 is 33.0 Å². The first kappa shape index (κ1) is 25.0.